The Kier molecular flexibility index (Phi) is 6.44. The van der Waals surface area contributed by atoms with Gasteiger partial charge in [0, 0.05) is 29.4 Å². The van der Waals surface area contributed by atoms with Crippen LogP contribution < -0.4 is 10.8 Å². The zero-order valence-corrected chi connectivity index (χ0v) is 16.7. The second-order valence-corrected chi connectivity index (χ2v) is 7.32. The van der Waals surface area contributed by atoms with Gasteiger partial charge in [-0.05, 0) is 62.1 Å². The minimum atomic E-state index is -4.55. The van der Waals surface area contributed by atoms with Gasteiger partial charge in [0.2, 0.25) is 0 Å². The molecule has 1 heterocycles. The summed E-state index contributed by atoms with van der Waals surface area (Å²) in [6.07, 6.45) is -4.66. The maximum atomic E-state index is 13.3. The molecule has 0 aliphatic carbocycles. The summed E-state index contributed by atoms with van der Waals surface area (Å²) in [6, 6.07) is 9.81. The Morgan fingerprint density at radius 1 is 1.16 bits per heavy atom. The third-order valence-corrected chi connectivity index (χ3v) is 4.51. The van der Waals surface area contributed by atoms with Crippen molar-refractivity contribution in [3.63, 3.8) is 0 Å². The standard InChI is InChI=1S/C21H21F3N4O3/c1-28(2)11-12-5-14(8-16(6-12)21(22,23)24)19(29)26-17-3-4-18-13(9-17)7-15(10-25-18)20(30)27-31/h3-10,19,26,29,31H,11H2,1-2H3,(H,27,30). The Balaban J connectivity index is 1.91. The molecule has 0 aliphatic rings. The first-order valence-corrected chi connectivity index (χ1v) is 9.21. The fraction of sp³-hybridized carbons (Fsp3) is 0.238. The Bertz CT molecular complexity index is 1100. The van der Waals surface area contributed by atoms with Gasteiger partial charge in [-0.15, -0.1) is 0 Å². The minimum Gasteiger partial charge on any atom is -0.369 e. The van der Waals surface area contributed by atoms with E-state index in [9.17, 15) is 23.1 Å². The number of carbonyl (C=O) groups is 1. The van der Waals surface area contributed by atoms with Crippen LogP contribution in [-0.4, -0.2) is 40.2 Å². The van der Waals surface area contributed by atoms with E-state index in [2.05, 4.69) is 10.3 Å². The van der Waals surface area contributed by atoms with Crippen LogP contribution >= 0.6 is 0 Å². The molecule has 0 saturated heterocycles. The number of amides is 1. The Morgan fingerprint density at radius 2 is 1.90 bits per heavy atom. The Hall–Kier alpha value is -3.21. The molecule has 1 unspecified atom stereocenters. The SMILES string of the molecule is CN(C)Cc1cc(C(O)Nc2ccc3ncc(C(=O)NO)cc3c2)cc(C(F)(F)F)c1. The fourth-order valence-electron chi connectivity index (χ4n) is 3.15. The zero-order chi connectivity index (χ0) is 22.8. The summed E-state index contributed by atoms with van der Waals surface area (Å²) in [7, 11) is 3.48. The van der Waals surface area contributed by atoms with Gasteiger partial charge in [0.05, 0.1) is 16.6 Å². The highest BCUT2D eigenvalue weighted by Gasteiger charge is 2.31. The number of nitrogens with zero attached hydrogens (tertiary/aromatic N) is 2. The molecule has 10 heteroatoms. The number of halogens is 3. The maximum Gasteiger partial charge on any atom is 0.416 e. The molecule has 0 aliphatic heterocycles. The molecule has 1 aromatic heterocycles. The van der Waals surface area contributed by atoms with Gasteiger partial charge >= 0.3 is 6.18 Å². The normalized spacial score (nSPS) is 12.8. The van der Waals surface area contributed by atoms with Gasteiger partial charge in [-0.25, -0.2) is 5.48 Å². The smallest absolute Gasteiger partial charge is 0.369 e. The first-order chi connectivity index (χ1) is 14.6. The molecule has 0 saturated carbocycles. The van der Waals surface area contributed by atoms with E-state index in [4.69, 9.17) is 5.21 Å². The van der Waals surface area contributed by atoms with Crippen molar-refractivity contribution in [3.8, 4) is 0 Å². The predicted octanol–water partition coefficient (Wildman–Crippen LogP) is 3.54. The van der Waals surface area contributed by atoms with Crippen LogP contribution in [0.25, 0.3) is 10.9 Å². The van der Waals surface area contributed by atoms with Crippen molar-refractivity contribution in [2.24, 2.45) is 0 Å². The van der Waals surface area contributed by atoms with Gasteiger partial charge in [-0.1, -0.05) is 0 Å². The molecule has 31 heavy (non-hydrogen) atoms. The first kappa shape index (κ1) is 22.5. The summed E-state index contributed by atoms with van der Waals surface area (Å²) in [5.74, 6) is -0.731. The lowest BCUT2D eigenvalue weighted by molar-refractivity contribution is -0.137. The third kappa shape index (κ3) is 5.48. The highest BCUT2D eigenvalue weighted by molar-refractivity contribution is 5.97. The topological polar surface area (TPSA) is 97.7 Å². The molecule has 1 amide bonds. The van der Waals surface area contributed by atoms with Gasteiger partial charge in [0.1, 0.15) is 0 Å². The van der Waals surface area contributed by atoms with E-state index in [1.807, 2.05) is 0 Å². The number of hydrogen-bond donors (Lipinski definition) is 4. The number of pyridine rings is 1. The van der Waals surface area contributed by atoms with E-state index in [1.165, 1.54) is 23.8 Å². The molecule has 164 valence electrons. The second kappa shape index (κ2) is 8.88. The molecule has 0 radical (unpaired) electrons. The van der Waals surface area contributed by atoms with Crippen LogP contribution in [0.15, 0.2) is 48.7 Å². The Labute approximate surface area is 176 Å². The number of hydrogen-bond acceptors (Lipinski definition) is 6. The zero-order valence-electron chi connectivity index (χ0n) is 16.7. The lowest BCUT2D eigenvalue weighted by atomic mass is 10.0. The van der Waals surface area contributed by atoms with Gasteiger partial charge in [-0.3, -0.25) is 15.0 Å². The number of carbonyl (C=O) groups excluding carboxylic acids is 1. The van der Waals surface area contributed by atoms with E-state index >= 15 is 0 Å². The largest absolute Gasteiger partial charge is 0.416 e. The van der Waals surface area contributed by atoms with E-state index in [-0.39, 0.29) is 17.7 Å². The number of alkyl halides is 3. The van der Waals surface area contributed by atoms with Crippen LogP contribution in [0.4, 0.5) is 18.9 Å². The summed E-state index contributed by atoms with van der Waals surface area (Å²) in [5, 5.41) is 22.6. The van der Waals surface area contributed by atoms with Crippen molar-refractivity contribution in [1.29, 1.82) is 0 Å². The number of aromatic nitrogens is 1. The minimum absolute atomic E-state index is 0.0679. The van der Waals surface area contributed by atoms with Gasteiger partial charge in [0.15, 0.2) is 6.23 Å². The maximum absolute atomic E-state index is 13.3. The molecule has 4 N–H and O–H groups in total. The lowest BCUT2D eigenvalue weighted by Gasteiger charge is -2.19. The van der Waals surface area contributed by atoms with Crippen LogP contribution in [0.3, 0.4) is 0 Å². The number of anilines is 1. The quantitative estimate of drug-likeness (QED) is 0.269. The van der Waals surface area contributed by atoms with E-state index in [0.29, 0.717) is 22.2 Å². The molecule has 0 fully saturated rings. The lowest BCUT2D eigenvalue weighted by Crippen LogP contribution is -2.18. The summed E-state index contributed by atoms with van der Waals surface area (Å²) in [5.41, 5.74) is 2.25. The van der Waals surface area contributed by atoms with Crippen molar-refractivity contribution in [2.45, 2.75) is 18.9 Å². The molecule has 2 aromatic carbocycles. The second-order valence-electron chi connectivity index (χ2n) is 7.32. The molecular formula is C21H21F3N4O3. The molecule has 0 spiro atoms. The van der Waals surface area contributed by atoms with Crippen molar-refractivity contribution in [3.05, 3.63) is 70.9 Å². The molecule has 0 bridgehead atoms. The molecule has 3 aromatic rings. The van der Waals surface area contributed by atoms with Crippen LogP contribution in [0.5, 0.6) is 0 Å². The summed E-state index contributed by atoms with van der Waals surface area (Å²) >= 11 is 0. The van der Waals surface area contributed by atoms with Crippen LogP contribution in [0.2, 0.25) is 0 Å². The average Bonchev–Trinajstić information content (AvgIpc) is 2.71. The van der Waals surface area contributed by atoms with Gasteiger partial charge in [-0.2, -0.15) is 13.2 Å². The van der Waals surface area contributed by atoms with E-state index in [1.54, 1.807) is 37.2 Å². The number of aliphatic hydroxyl groups excluding tert-OH is 1. The van der Waals surface area contributed by atoms with Gasteiger partial charge in [0.25, 0.3) is 5.91 Å². The Morgan fingerprint density at radius 3 is 2.55 bits per heavy atom. The predicted molar refractivity (Wildman–Crippen MR) is 108 cm³/mol. The van der Waals surface area contributed by atoms with Crippen molar-refractivity contribution in [1.82, 2.24) is 15.4 Å². The molecular weight excluding hydrogens is 413 g/mol. The summed E-state index contributed by atoms with van der Waals surface area (Å²) in [4.78, 5) is 17.4. The van der Waals surface area contributed by atoms with Crippen LogP contribution in [-0.2, 0) is 12.7 Å². The first-order valence-electron chi connectivity index (χ1n) is 9.21. The third-order valence-electron chi connectivity index (χ3n) is 4.51. The fourth-order valence-corrected chi connectivity index (χ4v) is 3.15. The number of fused-ring (bicyclic) bond motifs is 1. The summed E-state index contributed by atoms with van der Waals surface area (Å²) in [6.45, 7) is 0.279. The van der Waals surface area contributed by atoms with E-state index in [0.717, 1.165) is 12.1 Å². The summed E-state index contributed by atoms with van der Waals surface area (Å²) < 4.78 is 39.9. The number of hydroxylamine groups is 1. The molecule has 1 atom stereocenters. The molecule has 3 rings (SSSR count). The van der Waals surface area contributed by atoms with Gasteiger partial charge < -0.3 is 15.3 Å². The highest BCUT2D eigenvalue weighted by Crippen LogP contribution is 2.33. The number of benzene rings is 2. The van der Waals surface area contributed by atoms with E-state index < -0.39 is 23.9 Å². The van der Waals surface area contributed by atoms with Crippen LogP contribution in [0, 0.1) is 0 Å². The highest BCUT2D eigenvalue weighted by atomic mass is 19.4. The van der Waals surface area contributed by atoms with Crippen LogP contribution in [0.1, 0.15) is 33.3 Å². The average molecular weight is 434 g/mol. The number of aliphatic hydroxyl groups is 1. The number of rotatable bonds is 6. The van der Waals surface area contributed by atoms with Crippen molar-refractivity contribution >= 4 is 22.5 Å². The van der Waals surface area contributed by atoms with Crippen molar-refractivity contribution < 1.29 is 28.3 Å². The monoisotopic (exact) mass is 434 g/mol. The van der Waals surface area contributed by atoms with Crippen molar-refractivity contribution in [2.75, 3.05) is 19.4 Å². The number of nitrogens with one attached hydrogen (secondary N) is 2. The molecule has 7 nitrogen and oxygen atoms in total.